The van der Waals surface area contributed by atoms with Gasteiger partial charge in [-0.15, -0.1) is 11.3 Å². The van der Waals surface area contributed by atoms with Gasteiger partial charge >= 0.3 is 0 Å². The number of ether oxygens (including phenoxy) is 1. The molecule has 5 nitrogen and oxygen atoms in total. The van der Waals surface area contributed by atoms with E-state index in [1.165, 1.54) is 10.4 Å². The fraction of sp³-hybridized carbons (Fsp3) is 0.474. The van der Waals surface area contributed by atoms with E-state index >= 15 is 0 Å². The highest BCUT2D eigenvalue weighted by molar-refractivity contribution is 7.11. The normalized spacial score (nSPS) is 11.5. The van der Waals surface area contributed by atoms with Crippen molar-refractivity contribution in [3.8, 4) is 0 Å². The lowest BCUT2D eigenvalue weighted by Gasteiger charge is -2.11. The molecule has 0 spiro atoms. The third kappa shape index (κ3) is 7.67. The first kappa shape index (κ1) is 19.4. The Morgan fingerprint density at radius 2 is 2.04 bits per heavy atom. The van der Waals surface area contributed by atoms with E-state index in [-0.39, 0.29) is 0 Å². The highest BCUT2D eigenvalue weighted by atomic mass is 32.1. The summed E-state index contributed by atoms with van der Waals surface area (Å²) in [7, 11) is 1.78. The van der Waals surface area contributed by atoms with Gasteiger partial charge in [0.15, 0.2) is 5.96 Å². The first-order valence-electron chi connectivity index (χ1n) is 8.81. The van der Waals surface area contributed by atoms with E-state index in [1.807, 2.05) is 12.3 Å². The molecule has 0 aliphatic carbocycles. The molecule has 2 rings (SSSR count). The van der Waals surface area contributed by atoms with Crippen LogP contribution in [-0.2, 0) is 24.1 Å². The Kier molecular flexibility index (Phi) is 9.01. The number of hydrogen-bond acceptors (Lipinski definition) is 4. The maximum absolute atomic E-state index is 5.69. The molecule has 2 aromatic rings. The van der Waals surface area contributed by atoms with Gasteiger partial charge in [-0.05, 0) is 24.8 Å². The van der Waals surface area contributed by atoms with Crippen molar-refractivity contribution in [1.29, 1.82) is 0 Å². The van der Waals surface area contributed by atoms with Gasteiger partial charge in [0.2, 0.25) is 0 Å². The second-order valence-corrected chi connectivity index (χ2v) is 6.83. The van der Waals surface area contributed by atoms with Crippen LogP contribution >= 0.6 is 11.3 Å². The monoisotopic (exact) mass is 360 g/mol. The van der Waals surface area contributed by atoms with E-state index < -0.39 is 0 Å². The Labute approximate surface area is 154 Å². The first-order chi connectivity index (χ1) is 12.3. The van der Waals surface area contributed by atoms with Gasteiger partial charge in [-0.3, -0.25) is 4.99 Å². The minimum Gasteiger partial charge on any atom is -0.381 e. The lowest BCUT2D eigenvalue weighted by molar-refractivity contribution is 0.135. The topological polar surface area (TPSA) is 58.5 Å². The van der Waals surface area contributed by atoms with Crippen molar-refractivity contribution in [1.82, 2.24) is 15.6 Å². The van der Waals surface area contributed by atoms with E-state index in [0.717, 1.165) is 50.0 Å². The summed E-state index contributed by atoms with van der Waals surface area (Å²) in [5, 5.41) is 7.68. The van der Waals surface area contributed by atoms with Crippen LogP contribution in [0.15, 0.2) is 41.5 Å². The van der Waals surface area contributed by atoms with Crippen molar-refractivity contribution >= 4 is 17.3 Å². The predicted molar refractivity (Wildman–Crippen MR) is 105 cm³/mol. The number of aromatic nitrogens is 1. The number of benzene rings is 1. The summed E-state index contributed by atoms with van der Waals surface area (Å²) in [5.41, 5.74) is 1.32. The smallest absolute Gasteiger partial charge is 0.191 e. The second kappa shape index (κ2) is 11.6. The van der Waals surface area contributed by atoms with Gasteiger partial charge in [0, 0.05) is 31.3 Å². The van der Waals surface area contributed by atoms with Gasteiger partial charge in [0.1, 0.15) is 5.01 Å². The quantitative estimate of drug-likeness (QED) is 0.388. The molecule has 0 aliphatic rings. The molecule has 0 atom stereocenters. The van der Waals surface area contributed by atoms with Crippen LogP contribution in [0, 0.1) is 0 Å². The Balaban J connectivity index is 1.52. The molecule has 0 saturated carbocycles. The number of hydrogen-bond donors (Lipinski definition) is 2. The lowest BCUT2D eigenvalue weighted by atomic mass is 10.2. The third-order valence-corrected chi connectivity index (χ3v) is 4.86. The summed E-state index contributed by atoms with van der Waals surface area (Å²) in [6.45, 7) is 5.21. The van der Waals surface area contributed by atoms with E-state index in [2.05, 4.69) is 51.8 Å². The minimum absolute atomic E-state index is 0.706. The summed E-state index contributed by atoms with van der Waals surface area (Å²) in [4.78, 5) is 9.95. The van der Waals surface area contributed by atoms with Crippen molar-refractivity contribution in [2.24, 2.45) is 4.99 Å². The maximum Gasteiger partial charge on any atom is 0.191 e. The van der Waals surface area contributed by atoms with Gasteiger partial charge in [0.25, 0.3) is 0 Å². The minimum atomic E-state index is 0.706. The summed E-state index contributed by atoms with van der Waals surface area (Å²) in [6, 6.07) is 10.4. The highest BCUT2D eigenvalue weighted by Gasteiger charge is 2.02. The van der Waals surface area contributed by atoms with Crippen molar-refractivity contribution in [3.63, 3.8) is 0 Å². The molecule has 0 aliphatic heterocycles. The predicted octanol–water partition coefficient (Wildman–Crippen LogP) is 3.02. The van der Waals surface area contributed by atoms with Crippen LogP contribution < -0.4 is 10.6 Å². The van der Waals surface area contributed by atoms with E-state index in [0.29, 0.717) is 6.54 Å². The second-order valence-electron chi connectivity index (χ2n) is 5.63. The molecule has 1 aromatic heterocycles. The fourth-order valence-corrected chi connectivity index (χ4v) is 3.09. The zero-order valence-electron chi connectivity index (χ0n) is 15.1. The Morgan fingerprint density at radius 3 is 2.76 bits per heavy atom. The van der Waals surface area contributed by atoms with E-state index in [9.17, 15) is 0 Å². The van der Waals surface area contributed by atoms with Gasteiger partial charge in [-0.1, -0.05) is 37.3 Å². The van der Waals surface area contributed by atoms with Crippen LogP contribution in [-0.4, -0.2) is 37.7 Å². The zero-order valence-corrected chi connectivity index (χ0v) is 15.9. The molecule has 0 radical (unpaired) electrons. The number of aryl methyl sites for hydroxylation is 1. The Hall–Kier alpha value is -1.92. The Morgan fingerprint density at radius 1 is 1.20 bits per heavy atom. The largest absolute Gasteiger partial charge is 0.381 e. The van der Waals surface area contributed by atoms with Gasteiger partial charge in [-0.2, -0.15) is 0 Å². The molecule has 0 unspecified atom stereocenters. The molecule has 0 amide bonds. The number of nitrogens with zero attached hydrogens (tertiary/aromatic N) is 2. The Bertz CT molecular complexity index is 627. The van der Waals surface area contributed by atoms with Crippen LogP contribution in [0.5, 0.6) is 0 Å². The summed E-state index contributed by atoms with van der Waals surface area (Å²) >= 11 is 1.74. The SMILES string of the molecule is CCc1cnc(CNC(=NC)NCCCOCCc2ccccc2)s1. The number of rotatable bonds is 10. The lowest BCUT2D eigenvalue weighted by Crippen LogP contribution is -2.37. The van der Waals surface area contributed by atoms with Gasteiger partial charge in [0.05, 0.1) is 13.2 Å². The first-order valence-corrected chi connectivity index (χ1v) is 9.63. The average Bonchev–Trinajstić information content (AvgIpc) is 3.12. The van der Waals surface area contributed by atoms with Crippen molar-refractivity contribution in [2.75, 3.05) is 26.8 Å². The van der Waals surface area contributed by atoms with Crippen molar-refractivity contribution < 1.29 is 4.74 Å². The molecule has 0 bridgehead atoms. The molecule has 25 heavy (non-hydrogen) atoms. The number of guanidine groups is 1. The van der Waals surface area contributed by atoms with Crippen LogP contribution in [0.4, 0.5) is 0 Å². The molecule has 1 heterocycles. The number of thiazole rings is 1. The van der Waals surface area contributed by atoms with Gasteiger partial charge < -0.3 is 15.4 Å². The van der Waals surface area contributed by atoms with Crippen molar-refractivity contribution in [2.45, 2.75) is 32.7 Å². The molecular formula is C19H28N4OS. The van der Waals surface area contributed by atoms with Crippen LogP contribution in [0.1, 0.15) is 28.8 Å². The van der Waals surface area contributed by atoms with Gasteiger partial charge in [-0.25, -0.2) is 4.98 Å². The molecule has 1 aromatic carbocycles. The average molecular weight is 361 g/mol. The third-order valence-electron chi connectivity index (χ3n) is 3.72. The fourth-order valence-electron chi connectivity index (χ4n) is 2.29. The molecule has 0 saturated heterocycles. The maximum atomic E-state index is 5.69. The van der Waals surface area contributed by atoms with Crippen LogP contribution in [0.2, 0.25) is 0 Å². The van der Waals surface area contributed by atoms with E-state index in [1.54, 1.807) is 18.4 Å². The van der Waals surface area contributed by atoms with Crippen molar-refractivity contribution in [3.05, 3.63) is 52.0 Å². The molecule has 6 heteroatoms. The van der Waals surface area contributed by atoms with Crippen LogP contribution in [0.3, 0.4) is 0 Å². The summed E-state index contributed by atoms with van der Waals surface area (Å²) in [6.07, 6.45) is 4.90. The molecular weight excluding hydrogens is 332 g/mol. The molecule has 2 N–H and O–H groups in total. The van der Waals surface area contributed by atoms with E-state index in [4.69, 9.17) is 4.74 Å². The number of aliphatic imine (C=N–C) groups is 1. The standard InChI is InChI=1S/C19H28N4OS/c1-3-17-14-22-18(25-17)15-23-19(20-2)21-11-7-12-24-13-10-16-8-5-4-6-9-16/h4-6,8-9,14H,3,7,10-13,15H2,1-2H3,(H2,20,21,23). The summed E-state index contributed by atoms with van der Waals surface area (Å²) in [5.74, 6) is 0.803. The zero-order chi connectivity index (χ0) is 17.7. The number of nitrogens with one attached hydrogen (secondary N) is 2. The summed E-state index contributed by atoms with van der Waals surface area (Å²) < 4.78 is 5.69. The van der Waals surface area contributed by atoms with Crippen LogP contribution in [0.25, 0.3) is 0 Å². The molecule has 136 valence electrons. The molecule has 0 fully saturated rings. The highest BCUT2D eigenvalue weighted by Crippen LogP contribution is 2.12.